The summed E-state index contributed by atoms with van der Waals surface area (Å²) < 4.78 is 19.9. The van der Waals surface area contributed by atoms with Crippen LogP contribution in [0, 0.1) is 0 Å². The molecule has 0 aliphatic carbocycles. The highest BCUT2D eigenvalue weighted by Gasteiger charge is 2.28. The molecular weight excluding hydrogens is 341 g/mol. The van der Waals surface area contributed by atoms with E-state index in [1.165, 1.54) is 0 Å². The lowest BCUT2D eigenvalue weighted by atomic mass is 10.0. The van der Waals surface area contributed by atoms with Gasteiger partial charge in [-0.3, -0.25) is 0 Å². The van der Waals surface area contributed by atoms with Crippen LogP contribution in [0.1, 0.15) is 6.42 Å². The second-order valence-corrected chi connectivity index (χ2v) is 6.74. The predicted octanol–water partition coefficient (Wildman–Crippen LogP) is 5.11. The predicted molar refractivity (Wildman–Crippen MR) is 104 cm³/mol. The Morgan fingerprint density at radius 3 is 2.59 bits per heavy atom. The molecule has 0 saturated carbocycles. The molecule has 4 nitrogen and oxygen atoms in total. The number of para-hydroxylation sites is 2. The number of aromatic nitrogens is 2. The molecule has 3 heterocycles. The zero-order chi connectivity index (χ0) is 18.2. The maximum absolute atomic E-state index is 13.9. The third kappa shape index (κ3) is 2.85. The van der Waals surface area contributed by atoms with Gasteiger partial charge in [0.2, 0.25) is 5.89 Å². The Morgan fingerprint density at radius 2 is 1.81 bits per heavy atom. The first-order chi connectivity index (χ1) is 13.3. The molecule has 5 heteroatoms. The fraction of sp³-hybridized carbons (Fsp3) is 0.182. The number of nitrogens with zero attached hydrogens (tertiary/aromatic N) is 3. The second kappa shape index (κ2) is 6.50. The van der Waals surface area contributed by atoms with Crippen molar-refractivity contribution in [3.8, 4) is 22.6 Å². The monoisotopic (exact) mass is 359 g/mol. The van der Waals surface area contributed by atoms with E-state index in [4.69, 9.17) is 9.40 Å². The van der Waals surface area contributed by atoms with E-state index in [-0.39, 0.29) is 0 Å². The molecule has 134 valence electrons. The molecule has 1 aliphatic heterocycles. The highest BCUT2D eigenvalue weighted by Crippen LogP contribution is 2.40. The number of pyridine rings is 1. The minimum absolute atomic E-state index is 0.346. The molecule has 0 N–H and O–H groups in total. The van der Waals surface area contributed by atoms with E-state index in [1.54, 1.807) is 6.20 Å². The Hall–Kier alpha value is -3.21. The first-order valence-electron chi connectivity index (χ1n) is 9.09. The van der Waals surface area contributed by atoms with Gasteiger partial charge in [0.1, 0.15) is 17.5 Å². The molecule has 1 saturated heterocycles. The summed E-state index contributed by atoms with van der Waals surface area (Å²) in [6.45, 7) is 0.984. The average molecular weight is 359 g/mol. The highest BCUT2D eigenvalue weighted by atomic mass is 19.1. The third-order valence-corrected chi connectivity index (χ3v) is 4.95. The van der Waals surface area contributed by atoms with Crippen molar-refractivity contribution in [2.75, 3.05) is 18.0 Å². The van der Waals surface area contributed by atoms with E-state index in [0.29, 0.717) is 25.4 Å². The van der Waals surface area contributed by atoms with Crippen molar-refractivity contribution in [1.29, 1.82) is 0 Å². The number of benzene rings is 2. The molecule has 0 unspecified atom stereocenters. The van der Waals surface area contributed by atoms with Gasteiger partial charge in [0.15, 0.2) is 5.58 Å². The minimum atomic E-state index is -0.830. The first-order valence-corrected chi connectivity index (χ1v) is 9.09. The van der Waals surface area contributed by atoms with Crippen LogP contribution in [0.4, 0.5) is 10.2 Å². The van der Waals surface area contributed by atoms with E-state index >= 15 is 0 Å². The van der Waals surface area contributed by atoms with Gasteiger partial charge in [-0.1, -0.05) is 42.5 Å². The average Bonchev–Trinajstić information content (AvgIpc) is 3.34. The third-order valence-electron chi connectivity index (χ3n) is 4.95. The molecule has 0 amide bonds. The summed E-state index contributed by atoms with van der Waals surface area (Å²) in [6.07, 6.45) is 1.46. The lowest BCUT2D eigenvalue weighted by molar-refractivity contribution is 0.364. The molecule has 1 aliphatic rings. The minimum Gasteiger partial charge on any atom is -0.436 e. The Bertz CT molecular complexity index is 1060. The van der Waals surface area contributed by atoms with Crippen molar-refractivity contribution in [3.63, 3.8) is 0 Å². The van der Waals surface area contributed by atoms with E-state index in [1.807, 2.05) is 65.6 Å². The quantitative estimate of drug-likeness (QED) is 0.510. The summed E-state index contributed by atoms with van der Waals surface area (Å²) in [5, 5.41) is 0. The molecule has 4 aromatic rings. The number of alkyl halides is 1. The normalized spacial score (nSPS) is 16.9. The topological polar surface area (TPSA) is 42.2 Å². The molecule has 0 radical (unpaired) electrons. The Morgan fingerprint density at radius 1 is 1.00 bits per heavy atom. The SMILES string of the molecule is F[C@H]1CCN(c2nccc(-c3ccccc3)c2-c2nc3ccccc3o2)C1. The van der Waals surface area contributed by atoms with Gasteiger partial charge < -0.3 is 9.32 Å². The van der Waals surface area contributed by atoms with E-state index in [0.717, 1.165) is 33.6 Å². The van der Waals surface area contributed by atoms with Crippen molar-refractivity contribution in [2.45, 2.75) is 12.6 Å². The second-order valence-electron chi connectivity index (χ2n) is 6.74. The van der Waals surface area contributed by atoms with Crippen molar-refractivity contribution in [3.05, 3.63) is 66.9 Å². The van der Waals surface area contributed by atoms with Crippen LogP contribution in [-0.4, -0.2) is 29.2 Å². The summed E-state index contributed by atoms with van der Waals surface area (Å²) in [5.41, 5.74) is 4.37. The summed E-state index contributed by atoms with van der Waals surface area (Å²) in [4.78, 5) is 11.3. The molecule has 2 aromatic carbocycles. The van der Waals surface area contributed by atoms with Crippen LogP contribution in [0.25, 0.3) is 33.7 Å². The van der Waals surface area contributed by atoms with Crippen LogP contribution in [0.15, 0.2) is 71.3 Å². The van der Waals surface area contributed by atoms with Crippen molar-refractivity contribution in [2.24, 2.45) is 0 Å². The Kier molecular flexibility index (Phi) is 3.85. The van der Waals surface area contributed by atoms with Crippen molar-refractivity contribution < 1.29 is 8.81 Å². The maximum Gasteiger partial charge on any atom is 0.231 e. The summed E-state index contributed by atoms with van der Waals surface area (Å²) >= 11 is 0. The van der Waals surface area contributed by atoms with E-state index < -0.39 is 6.17 Å². The first kappa shape index (κ1) is 16.0. The number of halogens is 1. The lowest BCUT2D eigenvalue weighted by Crippen LogP contribution is -2.22. The standard InChI is InChI=1S/C22H18FN3O/c23-16-11-13-26(14-16)21-20(22-25-18-8-4-5-9-19(18)27-22)17(10-12-24-21)15-6-2-1-3-7-15/h1-10,12,16H,11,13-14H2/t16-/m0/s1. The number of rotatable bonds is 3. The van der Waals surface area contributed by atoms with Gasteiger partial charge in [0.25, 0.3) is 0 Å². The van der Waals surface area contributed by atoms with E-state index in [2.05, 4.69) is 4.98 Å². The molecule has 1 atom stereocenters. The van der Waals surface area contributed by atoms with Gasteiger partial charge in [-0.05, 0) is 35.7 Å². The fourth-order valence-corrected chi connectivity index (χ4v) is 3.65. The molecule has 0 spiro atoms. The van der Waals surface area contributed by atoms with Crippen molar-refractivity contribution >= 4 is 16.9 Å². The fourth-order valence-electron chi connectivity index (χ4n) is 3.65. The number of hydrogen-bond acceptors (Lipinski definition) is 4. The van der Waals surface area contributed by atoms with Crippen LogP contribution in [-0.2, 0) is 0 Å². The number of anilines is 1. The summed E-state index contributed by atoms with van der Waals surface area (Å²) in [5.74, 6) is 1.24. The van der Waals surface area contributed by atoms with Crippen LogP contribution in [0.3, 0.4) is 0 Å². The molecular formula is C22H18FN3O. The zero-order valence-corrected chi connectivity index (χ0v) is 14.7. The van der Waals surface area contributed by atoms with Gasteiger partial charge in [-0.2, -0.15) is 0 Å². The van der Waals surface area contributed by atoms with Gasteiger partial charge in [0, 0.05) is 12.7 Å². The van der Waals surface area contributed by atoms with E-state index in [9.17, 15) is 4.39 Å². The lowest BCUT2D eigenvalue weighted by Gasteiger charge is -2.20. The largest absolute Gasteiger partial charge is 0.436 e. The van der Waals surface area contributed by atoms with Crippen LogP contribution in [0.5, 0.6) is 0 Å². The highest BCUT2D eigenvalue weighted by molar-refractivity contribution is 5.89. The number of fused-ring (bicyclic) bond motifs is 1. The maximum atomic E-state index is 13.9. The smallest absolute Gasteiger partial charge is 0.231 e. The van der Waals surface area contributed by atoms with Gasteiger partial charge in [0.05, 0.1) is 12.1 Å². The van der Waals surface area contributed by atoms with Crippen LogP contribution < -0.4 is 4.90 Å². The van der Waals surface area contributed by atoms with Crippen molar-refractivity contribution in [1.82, 2.24) is 9.97 Å². The summed E-state index contributed by atoms with van der Waals surface area (Å²) in [7, 11) is 0. The molecule has 2 aromatic heterocycles. The van der Waals surface area contributed by atoms with Crippen LogP contribution >= 0.6 is 0 Å². The molecule has 1 fully saturated rings. The number of hydrogen-bond donors (Lipinski definition) is 0. The Balaban J connectivity index is 1.75. The molecule has 0 bridgehead atoms. The molecule has 27 heavy (non-hydrogen) atoms. The number of oxazole rings is 1. The van der Waals surface area contributed by atoms with Gasteiger partial charge in [-0.25, -0.2) is 14.4 Å². The zero-order valence-electron chi connectivity index (χ0n) is 14.7. The molecule has 5 rings (SSSR count). The summed E-state index contributed by atoms with van der Waals surface area (Å²) in [6, 6.07) is 19.7. The van der Waals surface area contributed by atoms with Gasteiger partial charge >= 0.3 is 0 Å². The van der Waals surface area contributed by atoms with Gasteiger partial charge in [-0.15, -0.1) is 0 Å². The van der Waals surface area contributed by atoms with Crippen LogP contribution in [0.2, 0.25) is 0 Å². The Labute approximate surface area is 156 Å².